The Bertz CT molecular complexity index is 1330. The van der Waals surface area contributed by atoms with E-state index in [0.29, 0.717) is 39.9 Å². The van der Waals surface area contributed by atoms with Gasteiger partial charge in [0.2, 0.25) is 5.82 Å². The fourth-order valence-electron chi connectivity index (χ4n) is 3.85. The lowest BCUT2D eigenvalue weighted by atomic mass is 10.1. The summed E-state index contributed by atoms with van der Waals surface area (Å²) in [5, 5.41) is 15.3. The number of aryl methyl sites for hydroxylation is 1. The first-order valence-corrected chi connectivity index (χ1v) is 10.2. The maximum atomic E-state index is 13.1. The molecule has 0 unspecified atom stereocenters. The van der Waals surface area contributed by atoms with Crippen molar-refractivity contribution in [3.05, 3.63) is 41.2 Å². The first-order valence-electron chi connectivity index (χ1n) is 11.7. The largest absolute Gasteiger partial charge is 0.494 e. The predicted octanol–water partition coefficient (Wildman–Crippen LogP) is 2.13. The molecule has 0 spiro atoms. The van der Waals surface area contributed by atoms with Crippen molar-refractivity contribution in [1.82, 2.24) is 30.1 Å². The third-order valence-corrected chi connectivity index (χ3v) is 5.54. The zero-order chi connectivity index (χ0) is 24.9. The molecule has 1 amide bonds. The molecule has 1 fully saturated rings. The van der Waals surface area contributed by atoms with Crippen LogP contribution in [0.5, 0.6) is 5.75 Å². The van der Waals surface area contributed by atoms with Gasteiger partial charge in [0, 0.05) is 23.4 Å². The van der Waals surface area contributed by atoms with Gasteiger partial charge in [-0.15, -0.1) is 10.2 Å². The van der Waals surface area contributed by atoms with Gasteiger partial charge in [0.25, 0.3) is 5.91 Å². The van der Waals surface area contributed by atoms with Crippen molar-refractivity contribution in [1.29, 1.82) is 0 Å². The topological polar surface area (TPSA) is 115 Å². The Balaban J connectivity index is 1.57. The number of hydrogen-bond acceptors (Lipinski definition) is 8. The summed E-state index contributed by atoms with van der Waals surface area (Å²) in [5.41, 5.74) is 2.40. The predicted molar refractivity (Wildman–Crippen MR) is 116 cm³/mol. The number of carbonyl (C=O) groups excluding carboxylic acids is 2. The minimum Gasteiger partial charge on any atom is -0.494 e. The van der Waals surface area contributed by atoms with E-state index in [4.69, 9.17) is 8.85 Å². The molecule has 164 valence electrons. The molecule has 10 nitrogen and oxygen atoms in total. The van der Waals surface area contributed by atoms with Crippen molar-refractivity contribution in [2.24, 2.45) is 13.0 Å². The highest BCUT2D eigenvalue weighted by Gasteiger charge is 2.33. The number of ether oxygens (including phenoxy) is 1. The standard InChI is InChI=1S/C22H23N7O3/c1-28-11-17-19(22(28)31)16(9-13(23-17)10-18(30)12-7-8-12)24-15-6-4-5-14(20(15)32-3)21-25-27-29(2)26-21/h4-6,9,12H,7-8,10-11H2,1-3H3,(H,23,24)/i1D3. The van der Waals surface area contributed by atoms with E-state index in [-0.39, 0.29) is 30.2 Å². The first kappa shape index (κ1) is 16.8. The van der Waals surface area contributed by atoms with Crippen LogP contribution in [0.2, 0.25) is 0 Å². The number of tetrazole rings is 1. The molecule has 1 aliphatic carbocycles. The molecule has 5 rings (SSSR count). The Hall–Kier alpha value is -3.82. The van der Waals surface area contributed by atoms with Crippen LogP contribution in [0.15, 0.2) is 24.3 Å². The zero-order valence-corrected chi connectivity index (χ0v) is 17.6. The Morgan fingerprint density at radius 3 is 2.88 bits per heavy atom. The maximum absolute atomic E-state index is 13.1. The Morgan fingerprint density at radius 1 is 1.34 bits per heavy atom. The van der Waals surface area contributed by atoms with Crippen molar-refractivity contribution in [2.45, 2.75) is 25.8 Å². The molecule has 1 aromatic carbocycles. The number of methoxy groups -OCH3 is 1. The fourth-order valence-corrected chi connectivity index (χ4v) is 3.85. The number of amides is 1. The van der Waals surface area contributed by atoms with Crippen LogP contribution in [0.25, 0.3) is 11.4 Å². The molecule has 1 N–H and O–H groups in total. The minimum absolute atomic E-state index is 0.0539. The lowest BCUT2D eigenvalue weighted by molar-refractivity contribution is -0.119. The van der Waals surface area contributed by atoms with E-state index in [1.165, 1.54) is 11.9 Å². The van der Waals surface area contributed by atoms with Crippen LogP contribution in [0.3, 0.4) is 0 Å². The molecule has 3 heterocycles. The molecule has 0 atom stereocenters. The first-order chi connectivity index (χ1) is 16.7. The molecule has 3 aromatic rings. The second-order valence-corrected chi connectivity index (χ2v) is 7.91. The summed E-state index contributed by atoms with van der Waals surface area (Å²) in [4.78, 5) is 32.2. The van der Waals surface area contributed by atoms with Crippen LogP contribution < -0.4 is 10.1 Å². The molecule has 0 saturated heterocycles. The number of pyridine rings is 1. The third kappa shape index (κ3) is 3.57. The molecule has 1 saturated carbocycles. The number of hydrogen-bond donors (Lipinski definition) is 1. The Labute approximate surface area is 188 Å². The van der Waals surface area contributed by atoms with Crippen molar-refractivity contribution in [3.63, 3.8) is 0 Å². The molecule has 0 bridgehead atoms. The number of rotatable bonds is 7. The molecule has 2 aromatic heterocycles. The number of Topliss-reactive ketones (excluding diaryl/α,β-unsaturated/α-hetero) is 1. The van der Waals surface area contributed by atoms with E-state index in [2.05, 4.69) is 25.7 Å². The normalized spacial score (nSPS) is 16.9. The average molecular weight is 436 g/mol. The van der Waals surface area contributed by atoms with Gasteiger partial charge >= 0.3 is 0 Å². The number of anilines is 2. The van der Waals surface area contributed by atoms with Crippen LogP contribution in [0.4, 0.5) is 11.4 Å². The van der Waals surface area contributed by atoms with Gasteiger partial charge in [0.05, 0.1) is 54.6 Å². The maximum Gasteiger partial charge on any atom is 0.257 e. The van der Waals surface area contributed by atoms with E-state index in [0.717, 1.165) is 17.7 Å². The van der Waals surface area contributed by atoms with Crippen molar-refractivity contribution < 1.29 is 18.4 Å². The Morgan fingerprint density at radius 2 is 2.19 bits per heavy atom. The van der Waals surface area contributed by atoms with E-state index in [9.17, 15) is 9.59 Å². The highest BCUT2D eigenvalue weighted by Crippen LogP contribution is 2.39. The van der Waals surface area contributed by atoms with Gasteiger partial charge in [-0.3, -0.25) is 14.6 Å². The van der Waals surface area contributed by atoms with Gasteiger partial charge in [0.1, 0.15) is 5.78 Å². The van der Waals surface area contributed by atoms with Crippen LogP contribution in [-0.4, -0.2) is 55.9 Å². The molecule has 2 aliphatic rings. The number of aromatic nitrogens is 5. The summed E-state index contributed by atoms with van der Waals surface area (Å²) in [6.07, 6.45) is 1.87. The van der Waals surface area contributed by atoms with Crippen LogP contribution >= 0.6 is 0 Å². The molecular weight excluding hydrogens is 410 g/mol. The van der Waals surface area contributed by atoms with E-state index in [1.807, 2.05) is 0 Å². The SMILES string of the molecule is [2H]C([2H])([2H])N1Cc2nc(CC(=O)C3CC3)cc(Nc3cccc(-c4nnn(C)n4)c3OC)c2C1=O. The number of para-hydroxylation sites is 1. The summed E-state index contributed by atoms with van der Waals surface area (Å²) in [6.45, 7) is -2.78. The van der Waals surface area contributed by atoms with Gasteiger partial charge in [-0.05, 0) is 36.3 Å². The van der Waals surface area contributed by atoms with Gasteiger partial charge in [0.15, 0.2) is 5.75 Å². The quantitative estimate of drug-likeness (QED) is 0.599. The fraction of sp³-hybridized carbons (Fsp3) is 0.364. The molecule has 10 heteroatoms. The summed E-state index contributed by atoms with van der Waals surface area (Å²) in [5.74, 6) is 0.265. The lowest BCUT2D eigenvalue weighted by Gasteiger charge is -2.16. The smallest absolute Gasteiger partial charge is 0.257 e. The van der Waals surface area contributed by atoms with Gasteiger partial charge < -0.3 is 15.0 Å². The van der Waals surface area contributed by atoms with Crippen molar-refractivity contribution in [3.8, 4) is 17.1 Å². The number of fused-ring (bicyclic) bond motifs is 1. The van der Waals surface area contributed by atoms with Crippen LogP contribution in [-0.2, 0) is 24.8 Å². The van der Waals surface area contributed by atoms with E-state index in [1.54, 1.807) is 31.3 Å². The second kappa shape index (κ2) is 7.70. The number of ketones is 1. The van der Waals surface area contributed by atoms with Gasteiger partial charge in [-0.1, -0.05) is 6.07 Å². The zero-order valence-electron chi connectivity index (χ0n) is 20.6. The highest BCUT2D eigenvalue weighted by atomic mass is 16.5. The molecule has 0 radical (unpaired) electrons. The number of carbonyl (C=O) groups is 2. The number of nitrogens with one attached hydrogen (secondary N) is 1. The second-order valence-electron chi connectivity index (χ2n) is 7.91. The number of nitrogens with zero attached hydrogens (tertiary/aromatic N) is 6. The summed E-state index contributed by atoms with van der Waals surface area (Å²) in [6, 6.07) is 6.93. The molecule has 1 aliphatic heterocycles. The summed E-state index contributed by atoms with van der Waals surface area (Å²) in [7, 11) is 3.15. The minimum atomic E-state index is -2.62. The van der Waals surface area contributed by atoms with E-state index < -0.39 is 12.9 Å². The summed E-state index contributed by atoms with van der Waals surface area (Å²) < 4.78 is 28.9. The van der Waals surface area contributed by atoms with E-state index >= 15 is 0 Å². The Kier molecular flexibility index (Phi) is 4.05. The summed E-state index contributed by atoms with van der Waals surface area (Å²) >= 11 is 0. The van der Waals surface area contributed by atoms with Crippen molar-refractivity contribution in [2.75, 3.05) is 19.4 Å². The van der Waals surface area contributed by atoms with Crippen LogP contribution in [0.1, 0.15) is 38.7 Å². The number of benzene rings is 1. The monoisotopic (exact) mass is 436 g/mol. The lowest BCUT2D eigenvalue weighted by Crippen LogP contribution is -2.18. The van der Waals surface area contributed by atoms with Crippen molar-refractivity contribution >= 4 is 23.1 Å². The van der Waals surface area contributed by atoms with Gasteiger partial charge in [-0.25, -0.2) is 0 Å². The third-order valence-electron chi connectivity index (χ3n) is 5.54. The van der Waals surface area contributed by atoms with Gasteiger partial charge in [-0.2, -0.15) is 4.80 Å². The highest BCUT2D eigenvalue weighted by molar-refractivity contribution is 6.04. The molecule has 32 heavy (non-hydrogen) atoms. The average Bonchev–Trinajstić information content (AvgIpc) is 3.48. The van der Waals surface area contributed by atoms with Crippen LogP contribution in [0, 0.1) is 5.92 Å². The molecular formula is C22H23N7O3.